The maximum absolute atomic E-state index is 11.7. The zero-order chi connectivity index (χ0) is 10.6. The number of rotatable bonds is 2. The Labute approximate surface area is 78.6 Å². The summed E-state index contributed by atoms with van der Waals surface area (Å²) < 4.78 is 35.2. The molecule has 14 heavy (non-hydrogen) atoms. The van der Waals surface area contributed by atoms with Crippen LogP contribution in [0.15, 0.2) is 23.9 Å². The highest BCUT2D eigenvalue weighted by atomic mass is 19.4. The third kappa shape index (κ3) is 3.12. The zero-order valence-electron chi connectivity index (χ0n) is 7.19. The van der Waals surface area contributed by atoms with Gasteiger partial charge < -0.3 is 5.43 Å². The summed E-state index contributed by atoms with van der Waals surface area (Å²) in [6.45, 7) is 0. The topological polar surface area (TPSA) is 41.1 Å². The molecule has 78 valence electrons. The Morgan fingerprint density at radius 1 is 1.43 bits per heavy atom. The van der Waals surface area contributed by atoms with Crippen molar-refractivity contribution >= 4 is 5.91 Å². The number of amides is 1. The van der Waals surface area contributed by atoms with E-state index in [4.69, 9.17) is 0 Å². The van der Waals surface area contributed by atoms with Crippen molar-refractivity contribution in [2.45, 2.75) is 19.0 Å². The molecule has 0 radical (unpaired) electrons. The highest BCUT2D eigenvalue weighted by molar-refractivity contribution is 5.81. The standard InChI is InChI=1S/C8H9F3N2O/c9-8(10,11)7(14)13-12-6-4-2-1-3-5-6/h1-2,4,12H,3,5H2,(H,13,14). The third-order valence-corrected chi connectivity index (χ3v) is 1.61. The van der Waals surface area contributed by atoms with Crippen LogP contribution in [0.2, 0.25) is 0 Å². The molecule has 1 aliphatic carbocycles. The van der Waals surface area contributed by atoms with E-state index in [2.05, 4.69) is 5.43 Å². The van der Waals surface area contributed by atoms with Crippen LogP contribution in [-0.4, -0.2) is 12.1 Å². The molecular weight excluding hydrogens is 197 g/mol. The fourth-order valence-electron chi connectivity index (χ4n) is 0.915. The van der Waals surface area contributed by atoms with Crippen molar-refractivity contribution in [2.24, 2.45) is 0 Å². The van der Waals surface area contributed by atoms with E-state index >= 15 is 0 Å². The molecule has 0 heterocycles. The number of alkyl halides is 3. The van der Waals surface area contributed by atoms with Crippen molar-refractivity contribution in [2.75, 3.05) is 0 Å². The van der Waals surface area contributed by atoms with Gasteiger partial charge in [-0.15, -0.1) is 0 Å². The lowest BCUT2D eigenvalue weighted by Gasteiger charge is -2.13. The second kappa shape index (κ2) is 4.17. The number of nitrogens with one attached hydrogen (secondary N) is 2. The molecule has 0 aromatic carbocycles. The van der Waals surface area contributed by atoms with E-state index in [-0.39, 0.29) is 0 Å². The summed E-state index contributed by atoms with van der Waals surface area (Å²) in [4.78, 5) is 10.4. The van der Waals surface area contributed by atoms with E-state index in [0.29, 0.717) is 12.1 Å². The zero-order valence-corrected chi connectivity index (χ0v) is 7.19. The minimum atomic E-state index is -4.85. The summed E-state index contributed by atoms with van der Waals surface area (Å²) in [5.74, 6) is -1.99. The molecule has 0 saturated carbocycles. The van der Waals surface area contributed by atoms with Crippen molar-refractivity contribution < 1.29 is 18.0 Å². The van der Waals surface area contributed by atoms with Crippen LogP contribution in [0, 0.1) is 0 Å². The monoisotopic (exact) mass is 206 g/mol. The van der Waals surface area contributed by atoms with Crippen molar-refractivity contribution in [3.63, 3.8) is 0 Å². The van der Waals surface area contributed by atoms with Crippen LogP contribution in [0.4, 0.5) is 13.2 Å². The first-order valence-electron chi connectivity index (χ1n) is 3.99. The van der Waals surface area contributed by atoms with Gasteiger partial charge in [0, 0.05) is 5.70 Å². The molecule has 0 spiro atoms. The fraction of sp³-hybridized carbons (Fsp3) is 0.375. The normalized spacial score (nSPS) is 16.1. The first kappa shape index (κ1) is 10.6. The fourth-order valence-corrected chi connectivity index (χ4v) is 0.915. The van der Waals surface area contributed by atoms with Gasteiger partial charge in [0.1, 0.15) is 0 Å². The third-order valence-electron chi connectivity index (χ3n) is 1.61. The molecule has 0 aromatic heterocycles. The van der Waals surface area contributed by atoms with Crippen LogP contribution in [0.25, 0.3) is 0 Å². The molecule has 0 atom stereocenters. The molecule has 0 bridgehead atoms. The summed E-state index contributed by atoms with van der Waals surface area (Å²) in [5, 5.41) is 0. The van der Waals surface area contributed by atoms with Crippen molar-refractivity contribution in [1.29, 1.82) is 0 Å². The quantitative estimate of drug-likeness (QED) is 0.670. The first-order chi connectivity index (χ1) is 6.50. The van der Waals surface area contributed by atoms with Gasteiger partial charge in [0.15, 0.2) is 0 Å². The van der Waals surface area contributed by atoms with Gasteiger partial charge in [-0.25, -0.2) is 0 Å². The maximum atomic E-state index is 11.7. The van der Waals surface area contributed by atoms with E-state index in [9.17, 15) is 18.0 Å². The molecule has 0 saturated heterocycles. The molecular formula is C8H9F3N2O. The van der Waals surface area contributed by atoms with Crippen LogP contribution in [0.1, 0.15) is 12.8 Å². The lowest BCUT2D eigenvalue weighted by molar-refractivity contribution is -0.174. The number of carbonyl (C=O) groups is 1. The molecule has 0 fully saturated rings. The molecule has 0 unspecified atom stereocenters. The number of hydrogen-bond acceptors (Lipinski definition) is 2. The molecule has 0 aliphatic heterocycles. The highest BCUT2D eigenvalue weighted by Gasteiger charge is 2.38. The Bertz CT molecular complexity index is 281. The van der Waals surface area contributed by atoms with Crippen LogP contribution < -0.4 is 10.9 Å². The molecule has 1 rings (SSSR count). The Balaban J connectivity index is 2.37. The van der Waals surface area contributed by atoms with Gasteiger partial charge in [-0.3, -0.25) is 10.2 Å². The second-order valence-corrected chi connectivity index (χ2v) is 2.74. The minimum absolute atomic E-state index is 0.560. The number of halogens is 3. The Hall–Kier alpha value is -1.46. The summed E-state index contributed by atoms with van der Waals surface area (Å²) in [7, 11) is 0. The van der Waals surface area contributed by atoms with E-state index in [0.717, 1.165) is 6.42 Å². The predicted molar refractivity (Wildman–Crippen MR) is 43.8 cm³/mol. The predicted octanol–water partition coefficient (Wildman–Crippen LogP) is 1.40. The van der Waals surface area contributed by atoms with E-state index in [1.165, 1.54) is 0 Å². The summed E-state index contributed by atoms with van der Waals surface area (Å²) in [6, 6.07) is 0. The molecule has 1 aliphatic rings. The number of carbonyl (C=O) groups excluding carboxylic acids is 1. The first-order valence-corrected chi connectivity index (χ1v) is 3.99. The van der Waals surface area contributed by atoms with Crippen molar-refractivity contribution in [1.82, 2.24) is 10.9 Å². The Morgan fingerprint density at radius 2 is 2.14 bits per heavy atom. The molecule has 6 heteroatoms. The van der Waals surface area contributed by atoms with E-state index in [1.54, 1.807) is 17.6 Å². The number of hydrazine groups is 1. The van der Waals surface area contributed by atoms with Gasteiger partial charge in [-0.05, 0) is 18.9 Å². The number of hydrogen-bond donors (Lipinski definition) is 2. The highest BCUT2D eigenvalue weighted by Crippen LogP contribution is 2.14. The van der Waals surface area contributed by atoms with Gasteiger partial charge in [0.2, 0.25) is 0 Å². The summed E-state index contributed by atoms with van der Waals surface area (Å²) >= 11 is 0. The van der Waals surface area contributed by atoms with Gasteiger partial charge in [0.05, 0.1) is 0 Å². The average Bonchev–Trinajstić information content (AvgIpc) is 2.14. The van der Waals surface area contributed by atoms with Crippen LogP contribution in [0.5, 0.6) is 0 Å². The lowest BCUT2D eigenvalue weighted by Crippen LogP contribution is -2.44. The lowest BCUT2D eigenvalue weighted by atomic mass is 10.1. The van der Waals surface area contributed by atoms with E-state index in [1.807, 2.05) is 6.08 Å². The molecule has 1 amide bonds. The van der Waals surface area contributed by atoms with Gasteiger partial charge in [0.25, 0.3) is 0 Å². The smallest absolute Gasteiger partial charge is 0.302 e. The van der Waals surface area contributed by atoms with Gasteiger partial charge >= 0.3 is 12.1 Å². The molecule has 3 nitrogen and oxygen atoms in total. The van der Waals surface area contributed by atoms with Crippen molar-refractivity contribution in [3.8, 4) is 0 Å². The van der Waals surface area contributed by atoms with Crippen LogP contribution in [-0.2, 0) is 4.79 Å². The SMILES string of the molecule is O=C(NNC1=CC=CCC1)C(F)(F)F. The van der Waals surface area contributed by atoms with Crippen molar-refractivity contribution in [3.05, 3.63) is 23.9 Å². The summed E-state index contributed by atoms with van der Waals surface area (Å²) in [5.41, 5.74) is 4.35. The van der Waals surface area contributed by atoms with Crippen LogP contribution in [0.3, 0.4) is 0 Å². The second-order valence-electron chi connectivity index (χ2n) is 2.74. The van der Waals surface area contributed by atoms with E-state index < -0.39 is 12.1 Å². The number of allylic oxidation sites excluding steroid dienone is 4. The van der Waals surface area contributed by atoms with Gasteiger partial charge in [-0.1, -0.05) is 12.2 Å². The molecule has 2 N–H and O–H groups in total. The summed E-state index contributed by atoms with van der Waals surface area (Å²) in [6.07, 6.45) is 1.70. The van der Waals surface area contributed by atoms with Crippen LogP contribution >= 0.6 is 0 Å². The largest absolute Gasteiger partial charge is 0.472 e. The maximum Gasteiger partial charge on any atom is 0.472 e. The van der Waals surface area contributed by atoms with Gasteiger partial charge in [-0.2, -0.15) is 13.2 Å². The molecule has 0 aromatic rings. The Morgan fingerprint density at radius 3 is 2.64 bits per heavy atom. The minimum Gasteiger partial charge on any atom is -0.302 e. The Kier molecular flexibility index (Phi) is 3.16. The average molecular weight is 206 g/mol.